The van der Waals surface area contributed by atoms with Crippen LogP contribution in [0.3, 0.4) is 0 Å². The lowest BCUT2D eigenvalue weighted by Gasteiger charge is -2.17. The SMILES string of the molecule is COc1cc(NS(=O)(=O)c2cccs2)c(SC)c(/C=C/N2C(=O)COC2=O)c1O. The zero-order valence-electron chi connectivity index (χ0n) is 15.2. The lowest BCUT2D eigenvalue weighted by atomic mass is 10.1. The predicted molar refractivity (Wildman–Crippen MR) is 109 cm³/mol. The molecule has 2 aromatic rings. The van der Waals surface area contributed by atoms with Crippen molar-refractivity contribution < 1.29 is 32.6 Å². The number of phenolic OH excluding ortho intramolecular Hbond substituents is 1. The van der Waals surface area contributed by atoms with Crippen molar-refractivity contribution >= 4 is 56.9 Å². The summed E-state index contributed by atoms with van der Waals surface area (Å²) in [6, 6.07) is 4.44. The average molecular weight is 457 g/mol. The smallest absolute Gasteiger partial charge is 0.421 e. The van der Waals surface area contributed by atoms with Crippen LogP contribution in [-0.4, -0.2) is 50.4 Å². The topological polar surface area (TPSA) is 122 Å². The number of nitrogens with zero attached hydrogens (tertiary/aromatic N) is 1. The van der Waals surface area contributed by atoms with Gasteiger partial charge in [0.2, 0.25) is 0 Å². The number of hydrogen-bond donors (Lipinski definition) is 2. The first kappa shape index (κ1) is 21.0. The van der Waals surface area contributed by atoms with E-state index in [1.54, 1.807) is 17.7 Å². The third kappa shape index (κ3) is 4.18. The van der Waals surface area contributed by atoms with Gasteiger partial charge in [-0.25, -0.2) is 18.1 Å². The summed E-state index contributed by atoms with van der Waals surface area (Å²) in [6.07, 6.45) is 3.33. The molecule has 2 N–H and O–H groups in total. The molecule has 0 radical (unpaired) electrons. The molecule has 12 heteroatoms. The Hall–Kier alpha value is -2.70. The second-order valence-corrected chi connectivity index (χ2v) is 9.27. The minimum absolute atomic E-state index is 0.0154. The summed E-state index contributed by atoms with van der Waals surface area (Å²) < 4.78 is 37.7. The molecular weight excluding hydrogens is 440 g/mol. The van der Waals surface area contributed by atoms with Crippen molar-refractivity contribution in [2.75, 3.05) is 24.7 Å². The summed E-state index contributed by atoms with van der Waals surface area (Å²) in [4.78, 5) is 24.4. The number of imide groups is 1. The number of hydrogen-bond acceptors (Lipinski definition) is 9. The number of aromatic hydroxyl groups is 1. The highest BCUT2D eigenvalue weighted by atomic mass is 32.2. The van der Waals surface area contributed by atoms with E-state index in [1.807, 2.05) is 0 Å². The van der Waals surface area contributed by atoms with Crippen LogP contribution < -0.4 is 9.46 Å². The number of thiophene rings is 1. The number of carbonyl (C=O) groups excluding carboxylic acids is 2. The standard InChI is InChI=1S/C17H16N2O7S3/c1-25-12-8-11(18-29(23,24)14-4-3-7-28-14)16(27-2)10(15(12)21)5-6-19-13(20)9-26-17(19)22/h3-8,18,21H,9H2,1-2H3/b6-5+. The van der Waals surface area contributed by atoms with Crippen molar-refractivity contribution in [1.29, 1.82) is 0 Å². The Balaban J connectivity index is 2.07. The Labute approximate surface area is 175 Å². The Morgan fingerprint density at radius 1 is 1.41 bits per heavy atom. The third-order valence-electron chi connectivity index (χ3n) is 3.86. The molecule has 29 heavy (non-hydrogen) atoms. The fourth-order valence-corrected chi connectivity index (χ4v) is 5.36. The van der Waals surface area contributed by atoms with E-state index in [9.17, 15) is 23.1 Å². The molecule has 1 fully saturated rings. The van der Waals surface area contributed by atoms with Crippen molar-refractivity contribution in [3.8, 4) is 11.5 Å². The van der Waals surface area contributed by atoms with Crippen LogP contribution in [0.5, 0.6) is 11.5 Å². The first-order chi connectivity index (χ1) is 13.8. The first-order valence-electron chi connectivity index (χ1n) is 7.99. The number of rotatable bonds is 7. The van der Waals surface area contributed by atoms with Gasteiger partial charge >= 0.3 is 6.09 Å². The molecule has 1 aromatic heterocycles. The molecule has 0 bridgehead atoms. The van der Waals surface area contributed by atoms with Crippen LogP contribution in [0.15, 0.2) is 38.9 Å². The molecule has 1 aromatic carbocycles. The van der Waals surface area contributed by atoms with E-state index in [4.69, 9.17) is 4.74 Å². The van der Waals surface area contributed by atoms with Gasteiger partial charge in [-0.15, -0.1) is 23.1 Å². The molecule has 154 valence electrons. The van der Waals surface area contributed by atoms with Crippen LogP contribution in [0.4, 0.5) is 10.5 Å². The lowest BCUT2D eigenvalue weighted by molar-refractivity contribution is -0.124. The molecule has 3 rings (SSSR count). The quantitative estimate of drug-likeness (QED) is 0.482. The monoisotopic (exact) mass is 456 g/mol. The summed E-state index contributed by atoms with van der Waals surface area (Å²) in [5, 5.41) is 12.2. The Bertz CT molecular complexity index is 1060. The maximum Gasteiger partial charge on any atom is 0.421 e. The third-order valence-corrected chi connectivity index (χ3v) is 7.47. The second kappa shape index (κ2) is 8.35. The molecule has 0 atom stereocenters. The van der Waals surface area contributed by atoms with Crippen molar-refractivity contribution in [1.82, 2.24) is 4.90 Å². The van der Waals surface area contributed by atoms with Gasteiger partial charge in [-0.05, 0) is 23.8 Å². The number of cyclic esters (lactones) is 1. The molecule has 9 nitrogen and oxygen atoms in total. The lowest BCUT2D eigenvalue weighted by Crippen LogP contribution is -2.22. The zero-order valence-corrected chi connectivity index (χ0v) is 17.7. The summed E-state index contributed by atoms with van der Waals surface area (Å²) in [7, 11) is -2.53. The number of carbonyl (C=O) groups is 2. The molecule has 0 aliphatic carbocycles. The number of ether oxygens (including phenoxy) is 2. The summed E-state index contributed by atoms with van der Waals surface area (Å²) in [5.74, 6) is -0.813. The molecule has 1 aliphatic heterocycles. The molecule has 1 saturated heterocycles. The number of thioether (sulfide) groups is 1. The van der Waals surface area contributed by atoms with Crippen LogP contribution >= 0.6 is 23.1 Å². The normalized spacial score (nSPS) is 14.5. The van der Waals surface area contributed by atoms with E-state index >= 15 is 0 Å². The average Bonchev–Trinajstić information content (AvgIpc) is 3.33. The predicted octanol–water partition coefficient (Wildman–Crippen LogP) is 2.93. The van der Waals surface area contributed by atoms with Crippen molar-refractivity contribution in [2.45, 2.75) is 9.10 Å². The van der Waals surface area contributed by atoms with Gasteiger partial charge in [0.25, 0.3) is 15.9 Å². The van der Waals surface area contributed by atoms with Gasteiger partial charge in [0.1, 0.15) is 4.21 Å². The zero-order chi connectivity index (χ0) is 21.2. The van der Waals surface area contributed by atoms with E-state index in [1.165, 1.54) is 37.1 Å². The van der Waals surface area contributed by atoms with Gasteiger partial charge in [0.15, 0.2) is 18.1 Å². The number of methoxy groups -OCH3 is 1. The van der Waals surface area contributed by atoms with Crippen molar-refractivity contribution in [3.05, 3.63) is 35.3 Å². The largest absolute Gasteiger partial charge is 0.504 e. The number of sulfonamides is 1. The summed E-state index contributed by atoms with van der Waals surface area (Å²) in [5.41, 5.74) is 0.351. The van der Waals surface area contributed by atoms with Crippen LogP contribution in [0.1, 0.15) is 5.56 Å². The number of amides is 2. The highest BCUT2D eigenvalue weighted by Gasteiger charge is 2.29. The first-order valence-corrected chi connectivity index (χ1v) is 11.6. The van der Waals surface area contributed by atoms with E-state index < -0.39 is 22.0 Å². The van der Waals surface area contributed by atoms with Gasteiger partial charge in [0, 0.05) is 22.7 Å². The summed E-state index contributed by atoms with van der Waals surface area (Å²) in [6.45, 7) is -0.367. The van der Waals surface area contributed by atoms with Crippen molar-refractivity contribution in [3.63, 3.8) is 0 Å². The van der Waals surface area contributed by atoms with E-state index in [0.717, 1.165) is 22.4 Å². The number of benzene rings is 1. The maximum atomic E-state index is 12.6. The van der Waals surface area contributed by atoms with Crippen molar-refractivity contribution in [2.24, 2.45) is 0 Å². The number of nitrogens with one attached hydrogen (secondary N) is 1. The van der Waals surface area contributed by atoms with Crippen LogP contribution in [0.25, 0.3) is 6.08 Å². The number of anilines is 1. The van der Waals surface area contributed by atoms with E-state index in [-0.39, 0.29) is 33.6 Å². The molecule has 2 amide bonds. The minimum atomic E-state index is -3.85. The van der Waals surface area contributed by atoms with Gasteiger partial charge < -0.3 is 14.6 Å². The maximum absolute atomic E-state index is 12.6. The minimum Gasteiger partial charge on any atom is -0.504 e. The van der Waals surface area contributed by atoms with Crippen LogP contribution in [-0.2, 0) is 19.6 Å². The Morgan fingerprint density at radius 2 is 2.17 bits per heavy atom. The highest BCUT2D eigenvalue weighted by Crippen LogP contribution is 2.43. The van der Waals surface area contributed by atoms with Gasteiger partial charge in [-0.3, -0.25) is 9.52 Å². The molecule has 0 spiro atoms. The van der Waals surface area contributed by atoms with Crippen LogP contribution in [0.2, 0.25) is 0 Å². The van der Waals surface area contributed by atoms with E-state index in [0.29, 0.717) is 4.90 Å². The second-order valence-electron chi connectivity index (χ2n) is 5.59. The fourth-order valence-electron chi connectivity index (χ4n) is 2.53. The summed E-state index contributed by atoms with van der Waals surface area (Å²) >= 11 is 2.23. The Kier molecular flexibility index (Phi) is 6.05. The molecule has 2 heterocycles. The molecule has 0 saturated carbocycles. The molecule has 0 unspecified atom stereocenters. The Morgan fingerprint density at radius 3 is 2.72 bits per heavy atom. The van der Waals surface area contributed by atoms with Gasteiger partial charge in [-0.2, -0.15) is 0 Å². The number of phenols is 1. The highest BCUT2D eigenvalue weighted by molar-refractivity contribution is 7.99. The molecular formula is C17H16N2O7S3. The van der Waals surface area contributed by atoms with Gasteiger partial charge in [0.05, 0.1) is 12.8 Å². The van der Waals surface area contributed by atoms with E-state index in [2.05, 4.69) is 9.46 Å². The molecule has 1 aliphatic rings. The van der Waals surface area contributed by atoms with Gasteiger partial charge in [-0.1, -0.05) is 6.07 Å². The van der Waals surface area contributed by atoms with Crippen LogP contribution in [0, 0.1) is 0 Å². The fraction of sp³-hybridized carbons (Fsp3) is 0.176.